The summed E-state index contributed by atoms with van der Waals surface area (Å²) < 4.78 is 6.25. The number of hydrogen-bond donors (Lipinski definition) is 2. The molecule has 31 heavy (non-hydrogen) atoms. The fraction of sp³-hybridized carbons (Fsp3) is 0.545. The Balaban J connectivity index is 2.02. The Morgan fingerprint density at radius 2 is 1.74 bits per heavy atom. The molecule has 1 aliphatic heterocycles. The first-order valence-corrected chi connectivity index (χ1v) is 10.1. The molecule has 0 saturated heterocycles. The van der Waals surface area contributed by atoms with E-state index in [1.54, 1.807) is 52.0 Å². The van der Waals surface area contributed by atoms with Gasteiger partial charge in [-0.2, -0.15) is 0 Å². The first kappa shape index (κ1) is 24.3. The van der Waals surface area contributed by atoms with Gasteiger partial charge in [0.25, 0.3) is 5.91 Å². The number of rotatable bonds is 9. The molecule has 0 fully saturated rings. The summed E-state index contributed by atoms with van der Waals surface area (Å²) in [7, 11) is 0. The minimum Gasteiger partial charge on any atom is -0.714 e. The molecule has 1 aliphatic rings. The van der Waals surface area contributed by atoms with Crippen LogP contribution >= 0.6 is 0 Å². The molecule has 1 amide bonds. The molecule has 0 saturated carbocycles. The number of ether oxygens (including phenoxy) is 1. The van der Waals surface area contributed by atoms with Crippen LogP contribution in [0.3, 0.4) is 0 Å². The van der Waals surface area contributed by atoms with Crippen LogP contribution in [0.4, 0.5) is 0 Å². The van der Waals surface area contributed by atoms with Crippen molar-refractivity contribution in [3.05, 3.63) is 35.0 Å². The summed E-state index contributed by atoms with van der Waals surface area (Å²) in [6.07, 6.45) is 0.456. The van der Waals surface area contributed by atoms with Crippen molar-refractivity contribution in [1.82, 2.24) is 10.4 Å². The van der Waals surface area contributed by atoms with Crippen molar-refractivity contribution in [3.8, 4) is 5.75 Å². The Hall–Kier alpha value is -2.94. The molecule has 0 spiro atoms. The third-order valence-corrected chi connectivity index (χ3v) is 6.02. The molecule has 9 heteroatoms. The van der Waals surface area contributed by atoms with Crippen LogP contribution in [-0.4, -0.2) is 62.0 Å². The van der Waals surface area contributed by atoms with Crippen LogP contribution in [0.25, 0.3) is 0 Å². The maximum absolute atomic E-state index is 12.8. The summed E-state index contributed by atoms with van der Waals surface area (Å²) in [5.74, 6) is -0.236. The van der Waals surface area contributed by atoms with Gasteiger partial charge >= 0.3 is 5.84 Å². The molecule has 0 aliphatic carbocycles. The van der Waals surface area contributed by atoms with Crippen molar-refractivity contribution in [2.45, 2.75) is 71.5 Å². The SMILES string of the molecule is CC(=O)CC[C@H](NC(=O)COc1ccc(C2=[N+]([O-])C(C)(C)C(C)(C)N2O)cc1)C(C)=O. The highest BCUT2D eigenvalue weighted by Crippen LogP contribution is 2.37. The number of ketones is 2. The molecule has 0 aromatic heterocycles. The van der Waals surface area contributed by atoms with Crippen molar-refractivity contribution >= 4 is 23.3 Å². The van der Waals surface area contributed by atoms with Gasteiger partial charge in [0.05, 0.1) is 11.6 Å². The van der Waals surface area contributed by atoms with Gasteiger partial charge in [0.1, 0.15) is 17.1 Å². The number of amides is 1. The van der Waals surface area contributed by atoms with E-state index in [4.69, 9.17) is 4.74 Å². The number of carbonyl (C=O) groups excluding carboxylic acids is 3. The van der Waals surface area contributed by atoms with Crippen LogP contribution in [0.5, 0.6) is 5.75 Å². The highest BCUT2D eigenvalue weighted by Gasteiger charge is 2.58. The molecule has 9 nitrogen and oxygen atoms in total. The Labute approximate surface area is 182 Å². The number of Topliss-reactive ketones (excluding diaryl/α,β-unsaturated/α-hetero) is 2. The fourth-order valence-corrected chi connectivity index (χ4v) is 3.17. The van der Waals surface area contributed by atoms with Crippen molar-refractivity contribution in [2.24, 2.45) is 0 Å². The van der Waals surface area contributed by atoms with Gasteiger partial charge in [-0.1, -0.05) is 0 Å². The van der Waals surface area contributed by atoms with Gasteiger partial charge in [0.2, 0.25) is 0 Å². The van der Waals surface area contributed by atoms with Gasteiger partial charge in [-0.25, -0.2) is 5.21 Å². The average Bonchev–Trinajstić information content (AvgIpc) is 2.80. The van der Waals surface area contributed by atoms with Gasteiger partial charge in [-0.05, 0) is 72.2 Å². The Kier molecular flexibility index (Phi) is 7.10. The monoisotopic (exact) mass is 433 g/mol. The molecule has 1 aromatic carbocycles. The first-order chi connectivity index (χ1) is 14.3. The van der Waals surface area contributed by atoms with Crippen molar-refractivity contribution in [1.29, 1.82) is 0 Å². The van der Waals surface area contributed by atoms with E-state index < -0.39 is 23.0 Å². The van der Waals surface area contributed by atoms with E-state index in [0.717, 1.165) is 9.80 Å². The van der Waals surface area contributed by atoms with E-state index in [2.05, 4.69) is 5.32 Å². The maximum atomic E-state index is 12.8. The lowest BCUT2D eigenvalue weighted by Crippen LogP contribution is -2.53. The fourth-order valence-electron chi connectivity index (χ4n) is 3.17. The molecule has 0 unspecified atom stereocenters. The van der Waals surface area contributed by atoms with Crippen molar-refractivity contribution in [2.75, 3.05) is 6.61 Å². The molecule has 1 aromatic rings. The highest BCUT2D eigenvalue weighted by molar-refractivity contribution is 5.96. The highest BCUT2D eigenvalue weighted by atomic mass is 16.5. The minimum atomic E-state index is -0.847. The quantitative estimate of drug-likeness (QED) is 0.451. The zero-order valence-corrected chi connectivity index (χ0v) is 18.9. The number of hydrogen-bond acceptors (Lipinski definition) is 7. The van der Waals surface area contributed by atoms with Crippen LogP contribution < -0.4 is 10.1 Å². The van der Waals surface area contributed by atoms with Gasteiger partial charge < -0.3 is 20.1 Å². The van der Waals surface area contributed by atoms with E-state index in [9.17, 15) is 24.8 Å². The third kappa shape index (κ3) is 5.04. The van der Waals surface area contributed by atoms with E-state index in [0.29, 0.717) is 11.3 Å². The summed E-state index contributed by atoms with van der Waals surface area (Å²) in [5.41, 5.74) is -1.14. The largest absolute Gasteiger partial charge is 0.714 e. The lowest BCUT2D eigenvalue weighted by Gasteiger charge is -2.33. The second-order valence-corrected chi connectivity index (χ2v) is 8.83. The summed E-state index contributed by atoms with van der Waals surface area (Å²) >= 11 is 0. The number of nitrogens with one attached hydrogen (secondary N) is 1. The van der Waals surface area contributed by atoms with Crippen LogP contribution in [0.1, 0.15) is 59.9 Å². The molecule has 2 rings (SSSR count). The second-order valence-electron chi connectivity index (χ2n) is 8.83. The molecule has 0 bridgehead atoms. The number of nitrogens with zero attached hydrogens (tertiary/aromatic N) is 2. The maximum Gasteiger partial charge on any atom is 0.313 e. The summed E-state index contributed by atoms with van der Waals surface area (Å²) in [6.45, 7) is 9.57. The first-order valence-electron chi connectivity index (χ1n) is 10.1. The van der Waals surface area contributed by atoms with Gasteiger partial charge in [0.15, 0.2) is 17.9 Å². The molecule has 2 N–H and O–H groups in total. The second kappa shape index (κ2) is 9.05. The van der Waals surface area contributed by atoms with Gasteiger partial charge in [-0.15, -0.1) is 5.06 Å². The van der Waals surface area contributed by atoms with Crippen LogP contribution in [0.2, 0.25) is 0 Å². The van der Waals surface area contributed by atoms with Crippen LogP contribution in [-0.2, 0) is 14.4 Å². The standard InChI is InChI=1S/C22H31N3O6/c1-14(26)7-12-18(15(2)27)23-19(28)13-31-17-10-8-16(9-11-17)20-24(29)21(3,4)22(5,6)25(20)30/h8-11,18,29H,7,12-13H2,1-6H3,(H,23,28)/t18-/m0/s1. The van der Waals surface area contributed by atoms with Gasteiger partial charge in [-0.3, -0.25) is 14.3 Å². The number of benzene rings is 1. The normalized spacial score (nSPS) is 18.0. The van der Waals surface area contributed by atoms with E-state index in [1.165, 1.54) is 13.8 Å². The Morgan fingerprint density at radius 1 is 1.16 bits per heavy atom. The molecule has 1 heterocycles. The lowest BCUT2D eigenvalue weighted by molar-refractivity contribution is -0.539. The Bertz CT molecular complexity index is 889. The van der Waals surface area contributed by atoms with Crippen LogP contribution in [0.15, 0.2) is 24.3 Å². The number of carbonyl (C=O) groups is 3. The number of amidine groups is 1. The number of hydroxylamine groups is 3. The topological polar surface area (TPSA) is 122 Å². The van der Waals surface area contributed by atoms with Crippen LogP contribution in [0, 0.1) is 5.21 Å². The average molecular weight is 434 g/mol. The summed E-state index contributed by atoms with van der Waals surface area (Å²) in [4.78, 5) is 34.9. The minimum absolute atomic E-state index is 0.0539. The summed E-state index contributed by atoms with van der Waals surface area (Å²) in [5, 5.41) is 26.9. The molecule has 0 radical (unpaired) electrons. The van der Waals surface area contributed by atoms with Crippen molar-refractivity contribution < 1.29 is 29.1 Å². The predicted octanol–water partition coefficient (Wildman–Crippen LogP) is 2.03. The van der Waals surface area contributed by atoms with E-state index in [1.807, 2.05) is 0 Å². The van der Waals surface area contributed by atoms with Crippen molar-refractivity contribution in [3.63, 3.8) is 0 Å². The van der Waals surface area contributed by atoms with E-state index in [-0.39, 0.29) is 36.9 Å². The molecular formula is C22H31N3O6. The Morgan fingerprint density at radius 3 is 2.19 bits per heavy atom. The predicted molar refractivity (Wildman–Crippen MR) is 114 cm³/mol. The zero-order chi connectivity index (χ0) is 23.6. The smallest absolute Gasteiger partial charge is 0.313 e. The van der Waals surface area contributed by atoms with E-state index >= 15 is 0 Å². The molecule has 1 atom stereocenters. The van der Waals surface area contributed by atoms with Gasteiger partial charge in [0, 0.05) is 6.42 Å². The summed E-state index contributed by atoms with van der Waals surface area (Å²) in [6, 6.07) is 5.70. The lowest BCUT2D eigenvalue weighted by atomic mass is 9.84. The molecule has 170 valence electrons. The molecular weight excluding hydrogens is 402 g/mol. The third-order valence-electron chi connectivity index (χ3n) is 6.02. The zero-order valence-electron chi connectivity index (χ0n) is 18.9.